The number of ether oxygens (including phenoxy) is 2. The van der Waals surface area contributed by atoms with E-state index in [0.717, 1.165) is 31.8 Å². The first-order chi connectivity index (χ1) is 9.41. The number of nitrogens with one attached hydrogen (secondary N) is 1. The lowest BCUT2D eigenvalue weighted by Crippen LogP contribution is -2.47. The molecule has 20 heavy (non-hydrogen) atoms. The minimum absolute atomic E-state index is 0.0333. The molecule has 0 spiro atoms. The lowest BCUT2D eigenvalue weighted by molar-refractivity contribution is -0.0882. The summed E-state index contributed by atoms with van der Waals surface area (Å²) in [6, 6.07) is 5.83. The molecule has 1 heterocycles. The molecule has 1 saturated heterocycles. The first-order valence-electron chi connectivity index (χ1n) is 6.79. The summed E-state index contributed by atoms with van der Waals surface area (Å²) >= 11 is 0. The zero-order chi connectivity index (χ0) is 14.8. The Morgan fingerprint density at radius 3 is 2.85 bits per heavy atom. The van der Waals surface area contributed by atoms with Gasteiger partial charge in [-0.2, -0.15) is 0 Å². The first-order valence-corrected chi connectivity index (χ1v) is 6.79. The molecule has 3 N–H and O–H groups in total. The van der Waals surface area contributed by atoms with Crippen molar-refractivity contribution in [3.8, 4) is 5.75 Å². The van der Waals surface area contributed by atoms with Gasteiger partial charge in [0.2, 0.25) is 0 Å². The fourth-order valence-electron chi connectivity index (χ4n) is 2.57. The predicted octanol–water partition coefficient (Wildman–Crippen LogP) is 1.59. The number of hydrogen-bond donors (Lipinski definition) is 2. The van der Waals surface area contributed by atoms with Crippen molar-refractivity contribution in [1.82, 2.24) is 4.90 Å². The van der Waals surface area contributed by atoms with E-state index in [1.165, 1.54) is 0 Å². The lowest BCUT2D eigenvalue weighted by Gasteiger charge is -2.38. The average Bonchev–Trinajstić information content (AvgIpc) is 2.37. The maximum Gasteiger partial charge on any atom is 0.129 e. The van der Waals surface area contributed by atoms with Gasteiger partial charge < -0.3 is 15.2 Å². The van der Waals surface area contributed by atoms with Gasteiger partial charge in [-0.05, 0) is 31.5 Å². The first kappa shape index (κ1) is 14.8. The normalized spacial score (nSPS) is 18.8. The van der Waals surface area contributed by atoms with Crippen LogP contribution in [0, 0.1) is 5.41 Å². The average molecular weight is 277 g/mol. The van der Waals surface area contributed by atoms with E-state index in [1.807, 2.05) is 18.2 Å². The standard InChI is InChI=1S/C15H23N3O2/c1-15(2)10-18(6-7-20-15)9-11-4-5-13(19-3)12(8-11)14(16)17/h4-5,8H,6-7,9-10H2,1-3H3,(H3,16,17). The maximum absolute atomic E-state index is 7.62. The minimum atomic E-state index is -0.103. The molecular weight excluding hydrogens is 254 g/mol. The van der Waals surface area contributed by atoms with Gasteiger partial charge in [-0.25, -0.2) is 0 Å². The van der Waals surface area contributed by atoms with Gasteiger partial charge in [0.05, 0.1) is 24.9 Å². The third kappa shape index (κ3) is 3.49. The Morgan fingerprint density at radius 1 is 1.50 bits per heavy atom. The van der Waals surface area contributed by atoms with E-state index in [-0.39, 0.29) is 11.4 Å². The summed E-state index contributed by atoms with van der Waals surface area (Å²) in [5.41, 5.74) is 7.29. The molecule has 5 nitrogen and oxygen atoms in total. The topological polar surface area (TPSA) is 71.6 Å². The minimum Gasteiger partial charge on any atom is -0.496 e. The SMILES string of the molecule is COc1ccc(CN2CCOC(C)(C)C2)cc1C(=N)N. The number of amidine groups is 1. The predicted molar refractivity (Wildman–Crippen MR) is 79.3 cm³/mol. The molecule has 1 aliphatic heterocycles. The second-order valence-electron chi connectivity index (χ2n) is 5.77. The summed E-state index contributed by atoms with van der Waals surface area (Å²) < 4.78 is 10.9. The van der Waals surface area contributed by atoms with Crippen LogP contribution in [0.2, 0.25) is 0 Å². The number of nitrogens with two attached hydrogens (primary N) is 1. The van der Waals surface area contributed by atoms with E-state index in [1.54, 1.807) is 7.11 Å². The van der Waals surface area contributed by atoms with Crippen molar-refractivity contribution in [1.29, 1.82) is 5.41 Å². The van der Waals surface area contributed by atoms with Crippen LogP contribution >= 0.6 is 0 Å². The third-order valence-corrected chi connectivity index (χ3v) is 3.46. The molecule has 1 fully saturated rings. The van der Waals surface area contributed by atoms with Gasteiger partial charge >= 0.3 is 0 Å². The second-order valence-corrected chi connectivity index (χ2v) is 5.77. The van der Waals surface area contributed by atoms with Crippen LogP contribution in [0.25, 0.3) is 0 Å². The molecule has 0 bridgehead atoms. The van der Waals surface area contributed by atoms with E-state index in [0.29, 0.717) is 11.3 Å². The molecule has 0 saturated carbocycles. The van der Waals surface area contributed by atoms with Gasteiger partial charge in [-0.1, -0.05) is 6.07 Å². The van der Waals surface area contributed by atoms with Crippen molar-refractivity contribution < 1.29 is 9.47 Å². The fraction of sp³-hybridized carbons (Fsp3) is 0.533. The van der Waals surface area contributed by atoms with Crippen LogP contribution in [0.5, 0.6) is 5.75 Å². The molecule has 0 amide bonds. The molecule has 0 aromatic heterocycles. The van der Waals surface area contributed by atoms with Crippen molar-refractivity contribution in [3.05, 3.63) is 29.3 Å². The number of methoxy groups -OCH3 is 1. The van der Waals surface area contributed by atoms with Crippen molar-refractivity contribution in [3.63, 3.8) is 0 Å². The number of benzene rings is 1. The highest BCUT2D eigenvalue weighted by Crippen LogP contribution is 2.22. The van der Waals surface area contributed by atoms with Gasteiger partial charge in [0.15, 0.2) is 0 Å². The molecule has 0 atom stereocenters. The molecule has 110 valence electrons. The number of hydrogen-bond acceptors (Lipinski definition) is 4. The highest BCUT2D eigenvalue weighted by atomic mass is 16.5. The summed E-state index contributed by atoms with van der Waals surface area (Å²) in [5.74, 6) is 0.676. The highest BCUT2D eigenvalue weighted by molar-refractivity contribution is 5.97. The fourth-order valence-corrected chi connectivity index (χ4v) is 2.57. The summed E-state index contributed by atoms with van der Waals surface area (Å²) in [7, 11) is 1.59. The van der Waals surface area contributed by atoms with Crippen LogP contribution in [0.4, 0.5) is 0 Å². The second kappa shape index (κ2) is 5.81. The van der Waals surface area contributed by atoms with Crippen LogP contribution in [0.1, 0.15) is 25.0 Å². The Balaban J connectivity index is 2.13. The Hall–Kier alpha value is -1.59. The Morgan fingerprint density at radius 2 is 2.25 bits per heavy atom. The zero-order valence-electron chi connectivity index (χ0n) is 12.4. The van der Waals surface area contributed by atoms with E-state index in [4.69, 9.17) is 20.6 Å². The lowest BCUT2D eigenvalue weighted by atomic mass is 10.0. The van der Waals surface area contributed by atoms with E-state index < -0.39 is 0 Å². The summed E-state index contributed by atoms with van der Waals surface area (Å²) in [4.78, 5) is 2.36. The van der Waals surface area contributed by atoms with Gasteiger partial charge in [0.25, 0.3) is 0 Å². The summed E-state index contributed by atoms with van der Waals surface area (Å²) in [6.45, 7) is 7.61. The van der Waals surface area contributed by atoms with Crippen LogP contribution in [-0.2, 0) is 11.3 Å². The van der Waals surface area contributed by atoms with Crippen molar-refractivity contribution in [2.24, 2.45) is 5.73 Å². The van der Waals surface area contributed by atoms with Crippen molar-refractivity contribution >= 4 is 5.84 Å². The van der Waals surface area contributed by atoms with Gasteiger partial charge in [-0.15, -0.1) is 0 Å². The zero-order valence-corrected chi connectivity index (χ0v) is 12.4. The molecule has 1 aliphatic rings. The molecular formula is C15H23N3O2. The van der Waals surface area contributed by atoms with Crippen LogP contribution in [-0.4, -0.2) is 43.1 Å². The number of rotatable bonds is 4. The summed E-state index contributed by atoms with van der Waals surface area (Å²) in [6.07, 6.45) is 0. The molecule has 0 aliphatic carbocycles. The smallest absolute Gasteiger partial charge is 0.129 e. The van der Waals surface area contributed by atoms with Crippen LogP contribution < -0.4 is 10.5 Å². The molecule has 0 unspecified atom stereocenters. The van der Waals surface area contributed by atoms with Gasteiger partial charge in [-0.3, -0.25) is 10.3 Å². The Labute approximate surface area is 120 Å². The Kier molecular flexibility index (Phi) is 4.30. The Bertz CT molecular complexity index is 500. The molecule has 1 aromatic rings. The van der Waals surface area contributed by atoms with Crippen LogP contribution in [0.3, 0.4) is 0 Å². The van der Waals surface area contributed by atoms with Gasteiger partial charge in [0.1, 0.15) is 11.6 Å². The van der Waals surface area contributed by atoms with E-state index in [9.17, 15) is 0 Å². The quantitative estimate of drug-likeness (QED) is 0.647. The monoisotopic (exact) mass is 277 g/mol. The van der Waals surface area contributed by atoms with Crippen LogP contribution in [0.15, 0.2) is 18.2 Å². The van der Waals surface area contributed by atoms with Gasteiger partial charge in [0, 0.05) is 19.6 Å². The maximum atomic E-state index is 7.62. The largest absolute Gasteiger partial charge is 0.496 e. The van der Waals surface area contributed by atoms with E-state index >= 15 is 0 Å². The third-order valence-electron chi connectivity index (χ3n) is 3.46. The van der Waals surface area contributed by atoms with Crippen molar-refractivity contribution in [2.45, 2.75) is 26.0 Å². The van der Waals surface area contributed by atoms with E-state index in [2.05, 4.69) is 18.7 Å². The molecule has 2 rings (SSSR count). The molecule has 5 heteroatoms. The number of nitrogen functional groups attached to an aromatic ring is 1. The molecule has 1 aromatic carbocycles. The summed E-state index contributed by atoms with van der Waals surface area (Å²) in [5, 5.41) is 7.62. The number of morpholine rings is 1. The number of nitrogens with zero attached hydrogens (tertiary/aromatic N) is 1. The highest BCUT2D eigenvalue weighted by Gasteiger charge is 2.27. The van der Waals surface area contributed by atoms with Crippen molar-refractivity contribution in [2.75, 3.05) is 26.8 Å². The molecule has 0 radical (unpaired) electrons.